The molecule has 3 nitrogen and oxygen atoms in total. The van der Waals surface area contributed by atoms with Crippen molar-refractivity contribution in [2.24, 2.45) is 7.05 Å². The van der Waals surface area contributed by atoms with Gasteiger partial charge in [0.25, 0.3) is 0 Å². The predicted octanol–water partition coefficient (Wildman–Crippen LogP) is 2.87. The quantitative estimate of drug-likeness (QED) is 0.886. The summed E-state index contributed by atoms with van der Waals surface area (Å²) in [6.07, 6.45) is 1.62. The van der Waals surface area contributed by atoms with E-state index in [1.54, 1.807) is 24.0 Å². The first-order valence-corrected chi connectivity index (χ1v) is 5.61. The average molecular weight is 233 g/mol. The first kappa shape index (κ1) is 10.8. The third-order valence-corrected chi connectivity index (χ3v) is 3.29. The number of carboxylic acids is 1. The lowest BCUT2D eigenvalue weighted by Gasteiger charge is -2.01. The molecule has 2 rings (SSSR count). The summed E-state index contributed by atoms with van der Waals surface area (Å²) in [6.45, 7) is 0. The number of aryl methyl sites for hydroxylation is 1. The van der Waals surface area contributed by atoms with Crippen LogP contribution in [-0.2, 0) is 7.05 Å². The lowest BCUT2D eigenvalue weighted by molar-refractivity contribution is 0.0697. The number of aromatic carboxylic acids is 1. The van der Waals surface area contributed by atoms with Gasteiger partial charge < -0.3 is 9.67 Å². The van der Waals surface area contributed by atoms with E-state index < -0.39 is 5.97 Å². The van der Waals surface area contributed by atoms with E-state index in [0.717, 1.165) is 9.92 Å². The van der Waals surface area contributed by atoms with Gasteiger partial charge in [0.2, 0.25) is 0 Å². The van der Waals surface area contributed by atoms with Crippen LogP contribution in [0.2, 0.25) is 0 Å². The van der Waals surface area contributed by atoms with Crippen LogP contribution in [0.25, 0.3) is 0 Å². The van der Waals surface area contributed by atoms with Gasteiger partial charge in [-0.15, -0.1) is 0 Å². The van der Waals surface area contributed by atoms with E-state index >= 15 is 0 Å². The fraction of sp³-hybridized carbons (Fsp3) is 0.0833. The van der Waals surface area contributed by atoms with E-state index in [9.17, 15) is 4.79 Å². The van der Waals surface area contributed by atoms with Gasteiger partial charge in [-0.1, -0.05) is 30.0 Å². The topological polar surface area (TPSA) is 42.2 Å². The first-order chi connectivity index (χ1) is 7.66. The highest BCUT2D eigenvalue weighted by Gasteiger charge is 2.09. The third-order valence-electron chi connectivity index (χ3n) is 2.17. The Labute approximate surface area is 97.7 Å². The Hall–Kier alpha value is -1.68. The van der Waals surface area contributed by atoms with Crippen molar-refractivity contribution < 1.29 is 9.90 Å². The molecule has 0 aliphatic carbocycles. The van der Waals surface area contributed by atoms with Gasteiger partial charge in [-0.25, -0.2) is 4.79 Å². The van der Waals surface area contributed by atoms with Crippen molar-refractivity contribution in [2.45, 2.75) is 9.92 Å². The summed E-state index contributed by atoms with van der Waals surface area (Å²) in [5, 5.41) is 9.79. The van der Waals surface area contributed by atoms with Crippen molar-refractivity contribution in [1.29, 1.82) is 0 Å². The van der Waals surface area contributed by atoms with Crippen molar-refractivity contribution >= 4 is 17.7 Å². The van der Waals surface area contributed by atoms with E-state index in [4.69, 9.17) is 5.11 Å². The minimum Gasteiger partial charge on any atom is -0.478 e. The molecule has 0 radical (unpaired) electrons. The Balaban J connectivity index is 2.25. The van der Waals surface area contributed by atoms with Gasteiger partial charge in [-0.05, 0) is 18.2 Å². The van der Waals surface area contributed by atoms with Gasteiger partial charge in [0.05, 0.1) is 10.6 Å². The Morgan fingerprint density at radius 2 is 2.00 bits per heavy atom. The van der Waals surface area contributed by atoms with Gasteiger partial charge in [-0.2, -0.15) is 0 Å². The fourth-order valence-corrected chi connectivity index (χ4v) is 2.29. The second-order valence-corrected chi connectivity index (χ2v) is 4.49. The van der Waals surface area contributed by atoms with Crippen LogP contribution in [0.4, 0.5) is 0 Å². The molecule has 1 aromatic carbocycles. The minimum absolute atomic E-state index is 0.320. The van der Waals surface area contributed by atoms with Crippen molar-refractivity contribution in [1.82, 2.24) is 4.57 Å². The molecule has 0 unspecified atom stereocenters. The van der Waals surface area contributed by atoms with Crippen LogP contribution in [-0.4, -0.2) is 15.6 Å². The Kier molecular flexibility index (Phi) is 3.01. The molecule has 0 fully saturated rings. The standard InChI is InChI=1S/C12H11NO2S/c1-13-8-9(12(14)15)7-11(13)16-10-5-3-2-4-6-10/h2-8H,1H3,(H,14,15). The van der Waals surface area contributed by atoms with Crippen LogP contribution in [0.5, 0.6) is 0 Å². The van der Waals surface area contributed by atoms with Crippen LogP contribution < -0.4 is 0 Å². The van der Waals surface area contributed by atoms with Crippen molar-refractivity contribution in [3.8, 4) is 0 Å². The van der Waals surface area contributed by atoms with Crippen LogP contribution in [0.3, 0.4) is 0 Å². The maximum atomic E-state index is 10.8. The molecule has 0 atom stereocenters. The van der Waals surface area contributed by atoms with Gasteiger partial charge in [-0.3, -0.25) is 0 Å². The Bertz CT molecular complexity index is 505. The molecule has 82 valence electrons. The first-order valence-electron chi connectivity index (χ1n) is 4.79. The summed E-state index contributed by atoms with van der Waals surface area (Å²) in [5.41, 5.74) is 0.320. The highest BCUT2D eigenvalue weighted by Crippen LogP contribution is 2.28. The Morgan fingerprint density at radius 1 is 1.31 bits per heavy atom. The summed E-state index contributed by atoms with van der Waals surface area (Å²) in [5.74, 6) is -0.893. The Morgan fingerprint density at radius 3 is 2.56 bits per heavy atom. The maximum absolute atomic E-state index is 10.8. The second kappa shape index (κ2) is 4.45. The normalized spacial score (nSPS) is 10.3. The zero-order chi connectivity index (χ0) is 11.5. The van der Waals surface area contributed by atoms with Crippen molar-refractivity contribution in [3.05, 3.63) is 48.2 Å². The number of rotatable bonds is 3. The second-order valence-electron chi connectivity index (χ2n) is 3.40. The van der Waals surface area contributed by atoms with Gasteiger partial charge in [0, 0.05) is 18.1 Å². The fourth-order valence-electron chi connectivity index (χ4n) is 1.37. The molecule has 0 saturated heterocycles. The SMILES string of the molecule is Cn1cc(C(=O)O)cc1Sc1ccccc1. The highest BCUT2D eigenvalue weighted by atomic mass is 32.2. The zero-order valence-corrected chi connectivity index (χ0v) is 9.57. The molecular weight excluding hydrogens is 222 g/mol. The smallest absolute Gasteiger partial charge is 0.337 e. The van der Waals surface area contributed by atoms with E-state index in [2.05, 4.69) is 0 Å². The molecule has 0 bridgehead atoms. The minimum atomic E-state index is -0.893. The largest absolute Gasteiger partial charge is 0.478 e. The molecule has 0 aliphatic heterocycles. The van der Waals surface area contributed by atoms with E-state index in [0.29, 0.717) is 5.56 Å². The van der Waals surface area contributed by atoms with Gasteiger partial charge in [0.1, 0.15) is 0 Å². The molecule has 0 spiro atoms. The molecule has 1 heterocycles. The molecule has 0 aliphatic rings. The van der Waals surface area contributed by atoms with E-state index in [1.165, 1.54) is 0 Å². The monoisotopic (exact) mass is 233 g/mol. The average Bonchev–Trinajstić information content (AvgIpc) is 2.62. The van der Waals surface area contributed by atoms with Crippen LogP contribution in [0.1, 0.15) is 10.4 Å². The van der Waals surface area contributed by atoms with Crippen LogP contribution in [0.15, 0.2) is 52.5 Å². The molecule has 4 heteroatoms. The summed E-state index contributed by atoms with van der Waals surface area (Å²) < 4.78 is 1.82. The molecule has 1 N–H and O–H groups in total. The number of carboxylic acid groups (broad SMARTS) is 1. The summed E-state index contributed by atoms with van der Waals surface area (Å²) in [6, 6.07) is 11.6. The third kappa shape index (κ3) is 2.28. The van der Waals surface area contributed by atoms with Gasteiger partial charge in [0.15, 0.2) is 0 Å². The predicted molar refractivity (Wildman–Crippen MR) is 62.9 cm³/mol. The van der Waals surface area contributed by atoms with Crippen LogP contribution in [0, 0.1) is 0 Å². The molecule has 1 aromatic heterocycles. The summed E-state index contributed by atoms with van der Waals surface area (Å²) >= 11 is 1.55. The van der Waals surface area contributed by atoms with Crippen molar-refractivity contribution in [2.75, 3.05) is 0 Å². The molecular formula is C12H11NO2S. The number of benzene rings is 1. The lowest BCUT2D eigenvalue weighted by atomic mass is 10.4. The maximum Gasteiger partial charge on any atom is 0.337 e. The molecule has 0 amide bonds. The van der Waals surface area contributed by atoms with E-state index in [-0.39, 0.29) is 0 Å². The summed E-state index contributed by atoms with van der Waals surface area (Å²) in [7, 11) is 1.84. The number of hydrogen-bond acceptors (Lipinski definition) is 2. The zero-order valence-electron chi connectivity index (χ0n) is 8.75. The van der Waals surface area contributed by atoms with Crippen LogP contribution >= 0.6 is 11.8 Å². The lowest BCUT2D eigenvalue weighted by Crippen LogP contribution is -1.92. The molecule has 2 aromatic rings. The summed E-state index contributed by atoms with van der Waals surface area (Å²) in [4.78, 5) is 11.9. The van der Waals surface area contributed by atoms with Gasteiger partial charge >= 0.3 is 5.97 Å². The number of carbonyl (C=O) groups is 1. The number of aromatic nitrogens is 1. The molecule has 16 heavy (non-hydrogen) atoms. The number of hydrogen-bond donors (Lipinski definition) is 1. The highest BCUT2D eigenvalue weighted by molar-refractivity contribution is 7.99. The molecule has 0 saturated carbocycles. The van der Waals surface area contributed by atoms with E-state index in [1.807, 2.05) is 41.9 Å². The number of nitrogens with zero attached hydrogens (tertiary/aromatic N) is 1. The van der Waals surface area contributed by atoms with Crippen molar-refractivity contribution in [3.63, 3.8) is 0 Å².